The second-order valence-corrected chi connectivity index (χ2v) is 4.01. The van der Waals surface area contributed by atoms with Crippen LogP contribution in [0, 0.1) is 5.82 Å². The van der Waals surface area contributed by atoms with E-state index in [-0.39, 0.29) is 11.6 Å². The monoisotopic (exact) mass is 272 g/mol. The number of allylic oxidation sites excluding steroid dienone is 2. The van der Waals surface area contributed by atoms with Crippen molar-refractivity contribution in [3.63, 3.8) is 0 Å². The summed E-state index contributed by atoms with van der Waals surface area (Å²) in [6, 6.07) is 5.01. The molecular formula is C12H14BrFO. The van der Waals surface area contributed by atoms with Crippen molar-refractivity contribution in [2.24, 2.45) is 0 Å². The molecule has 0 N–H and O–H groups in total. The highest BCUT2D eigenvalue weighted by Crippen LogP contribution is 2.22. The molecule has 0 aliphatic heterocycles. The highest BCUT2D eigenvalue weighted by atomic mass is 79.9. The van der Waals surface area contributed by atoms with E-state index >= 15 is 0 Å². The van der Waals surface area contributed by atoms with E-state index in [1.807, 2.05) is 13.0 Å². The number of benzene rings is 1. The van der Waals surface area contributed by atoms with E-state index in [1.54, 1.807) is 6.07 Å². The van der Waals surface area contributed by atoms with E-state index < -0.39 is 0 Å². The lowest BCUT2D eigenvalue weighted by atomic mass is 10.1. The smallest absolute Gasteiger partial charge is 0.165 e. The SMILES string of the molecule is COc1ccc(/C(C)=C/CCBr)cc1F. The molecule has 82 valence electrons. The zero-order valence-corrected chi connectivity index (χ0v) is 10.5. The molecule has 0 amide bonds. The second kappa shape index (κ2) is 5.91. The molecule has 3 heteroatoms. The molecule has 0 bridgehead atoms. The molecule has 0 fully saturated rings. The van der Waals surface area contributed by atoms with Crippen molar-refractivity contribution >= 4 is 21.5 Å². The van der Waals surface area contributed by atoms with E-state index in [1.165, 1.54) is 13.2 Å². The zero-order valence-electron chi connectivity index (χ0n) is 8.89. The largest absolute Gasteiger partial charge is 0.494 e. The molecule has 1 nitrogen and oxygen atoms in total. The number of halogens is 2. The van der Waals surface area contributed by atoms with Crippen LogP contribution in [-0.4, -0.2) is 12.4 Å². The molecule has 0 unspecified atom stereocenters. The molecule has 1 rings (SSSR count). The standard InChI is InChI=1S/C12H14BrFO/c1-9(4-3-7-13)10-5-6-12(15-2)11(14)8-10/h4-6,8H,3,7H2,1-2H3/b9-4+. The van der Waals surface area contributed by atoms with Gasteiger partial charge in [-0.05, 0) is 36.6 Å². The van der Waals surface area contributed by atoms with Gasteiger partial charge in [0, 0.05) is 5.33 Å². The summed E-state index contributed by atoms with van der Waals surface area (Å²) in [5.74, 6) is -0.0337. The van der Waals surface area contributed by atoms with Crippen LogP contribution in [0.3, 0.4) is 0 Å². The third kappa shape index (κ3) is 3.34. The summed E-state index contributed by atoms with van der Waals surface area (Å²) in [4.78, 5) is 0. The van der Waals surface area contributed by atoms with Gasteiger partial charge in [-0.3, -0.25) is 0 Å². The Kier molecular flexibility index (Phi) is 4.82. The number of hydrogen-bond donors (Lipinski definition) is 0. The summed E-state index contributed by atoms with van der Waals surface area (Å²) < 4.78 is 18.2. The lowest BCUT2D eigenvalue weighted by Gasteiger charge is -2.05. The van der Waals surface area contributed by atoms with Gasteiger partial charge in [0.25, 0.3) is 0 Å². The van der Waals surface area contributed by atoms with Crippen molar-refractivity contribution in [3.8, 4) is 5.75 Å². The minimum absolute atomic E-state index is 0.284. The number of alkyl halides is 1. The van der Waals surface area contributed by atoms with Crippen LogP contribution in [0.1, 0.15) is 18.9 Å². The van der Waals surface area contributed by atoms with Crippen LogP contribution in [0.5, 0.6) is 5.75 Å². The topological polar surface area (TPSA) is 9.23 Å². The summed E-state index contributed by atoms with van der Waals surface area (Å²) in [6.07, 6.45) is 3.02. The molecule has 0 saturated heterocycles. The summed E-state index contributed by atoms with van der Waals surface area (Å²) in [7, 11) is 1.46. The Morgan fingerprint density at radius 2 is 2.27 bits per heavy atom. The first-order valence-electron chi connectivity index (χ1n) is 4.75. The van der Waals surface area contributed by atoms with Gasteiger partial charge in [-0.2, -0.15) is 0 Å². The molecule has 0 aromatic heterocycles. The molecule has 0 heterocycles. The van der Waals surface area contributed by atoms with Crippen molar-refractivity contribution in [3.05, 3.63) is 35.7 Å². The lowest BCUT2D eigenvalue weighted by Crippen LogP contribution is -1.89. The molecule has 0 aliphatic rings. The van der Waals surface area contributed by atoms with Crippen molar-refractivity contribution in [1.82, 2.24) is 0 Å². The Morgan fingerprint density at radius 3 is 2.80 bits per heavy atom. The first-order valence-corrected chi connectivity index (χ1v) is 5.88. The maximum atomic E-state index is 13.4. The maximum Gasteiger partial charge on any atom is 0.165 e. The Hall–Kier alpha value is -0.830. The third-order valence-electron chi connectivity index (χ3n) is 2.17. The molecule has 0 aliphatic carbocycles. The van der Waals surface area contributed by atoms with Gasteiger partial charge in [0.05, 0.1) is 7.11 Å². The van der Waals surface area contributed by atoms with Gasteiger partial charge in [-0.25, -0.2) is 4.39 Å². The number of ether oxygens (including phenoxy) is 1. The number of hydrogen-bond acceptors (Lipinski definition) is 1. The van der Waals surface area contributed by atoms with Gasteiger partial charge < -0.3 is 4.74 Å². The predicted octanol–water partition coefficient (Wildman–Crippen LogP) is 4.02. The van der Waals surface area contributed by atoms with Gasteiger partial charge in [-0.15, -0.1) is 0 Å². The van der Waals surface area contributed by atoms with Gasteiger partial charge in [0.15, 0.2) is 11.6 Å². The van der Waals surface area contributed by atoms with Crippen molar-refractivity contribution in [2.75, 3.05) is 12.4 Å². The van der Waals surface area contributed by atoms with Crippen LogP contribution in [0.15, 0.2) is 24.3 Å². The molecule has 1 aromatic carbocycles. The molecule has 0 saturated carbocycles. The fourth-order valence-corrected chi connectivity index (χ4v) is 1.53. The molecule has 0 radical (unpaired) electrons. The summed E-state index contributed by atoms with van der Waals surface area (Å²) in [6.45, 7) is 1.98. The summed E-state index contributed by atoms with van der Waals surface area (Å²) >= 11 is 3.35. The van der Waals surface area contributed by atoms with Crippen LogP contribution < -0.4 is 4.74 Å². The number of rotatable bonds is 4. The minimum atomic E-state index is -0.318. The van der Waals surface area contributed by atoms with Crippen LogP contribution in [0.2, 0.25) is 0 Å². The van der Waals surface area contributed by atoms with E-state index in [0.29, 0.717) is 0 Å². The predicted molar refractivity (Wildman–Crippen MR) is 65.0 cm³/mol. The molecule has 1 aromatic rings. The quantitative estimate of drug-likeness (QED) is 0.753. The van der Waals surface area contributed by atoms with Crippen molar-refractivity contribution in [1.29, 1.82) is 0 Å². The average Bonchev–Trinajstić information content (AvgIpc) is 2.25. The first-order chi connectivity index (χ1) is 7.19. The minimum Gasteiger partial charge on any atom is -0.494 e. The Bertz CT molecular complexity index is 361. The first kappa shape index (κ1) is 12.2. The number of methoxy groups -OCH3 is 1. The highest BCUT2D eigenvalue weighted by Gasteiger charge is 2.03. The fraction of sp³-hybridized carbons (Fsp3) is 0.333. The van der Waals surface area contributed by atoms with E-state index in [4.69, 9.17) is 4.74 Å². The van der Waals surface area contributed by atoms with E-state index in [2.05, 4.69) is 22.0 Å². The molecule has 15 heavy (non-hydrogen) atoms. The van der Waals surface area contributed by atoms with Gasteiger partial charge in [-0.1, -0.05) is 28.1 Å². The second-order valence-electron chi connectivity index (χ2n) is 3.21. The van der Waals surface area contributed by atoms with Crippen LogP contribution in [0.25, 0.3) is 5.57 Å². The Balaban J connectivity index is 2.92. The fourth-order valence-electron chi connectivity index (χ4n) is 1.30. The lowest BCUT2D eigenvalue weighted by molar-refractivity contribution is 0.386. The van der Waals surface area contributed by atoms with E-state index in [9.17, 15) is 4.39 Å². The van der Waals surface area contributed by atoms with Crippen LogP contribution in [0.4, 0.5) is 4.39 Å². The normalized spacial score (nSPS) is 11.6. The van der Waals surface area contributed by atoms with Gasteiger partial charge >= 0.3 is 0 Å². The summed E-state index contributed by atoms with van der Waals surface area (Å²) in [5.41, 5.74) is 1.98. The average molecular weight is 273 g/mol. The Labute approximate surface area is 98.1 Å². The third-order valence-corrected chi connectivity index (χ3v) is 2.62. The maximum absolute atomic E-state index is 13.4. The molecule has 0 atom stereocenters. The molecule has 0 spiro atoms. The Morgan fingerprint density at radius 1 is 1.53 bits per heavy atom. The van der Waals surface area contributed by atoms with Crippen LogP contribution >= 0.6 is 15.9 Å². The van der Waals surface area contributed by atoms with Crippen molar-refractivity contribution < 1.29 is 9.13 Å². The zero-order chi connectivity index (χ0) is 11.3. The van der Waals surface area contributed by atoms with Crippen LogP contribution in [-0.2, 0) is 0 Å². The highest BCUT2D eigenvalue weighted by molar-refractivity contribution is 9.09. The molecular weight excluding hydrogens is 259 g/mol. The summed E-state index contributed by atoms with van der Waals surface area (Å²) in [5, 5.41) is 0.920. The van der Waals surface area contributed by atoms with E-state index in [0.717, 1.165) is 22.9 Å². The van der Waals surface area contributed by atoms with Gasteiger partial charge in [0.1, 0.15) is 0 Å². The van der Waals surface area contributed by atoms with Crippen molar-refractivity contribution in [2.45, 2.75) is 13.3 Å². The van der Waals surface area contributed by atoms with Gasteiger partial charge in [0.2, 0.25) is 0 Å².